The van der Waals surface area contributed by atoms with Crippen LogP contribution < -0.4 is 10.6 Å². The summed E-state index contributed by atoms with van der Waals surface area (Å²) in [5.41, 5.74) is 0. The lowest BCUT2D eigenvalue weighted by molar-refractivity contribution is -0.137. The summed E-state index contributed by atoms with van der Waals surface area (Å²) in [4.78, 5) is 46.4. The highest BCUT2D eigenvalue weighted by Gasteiger charge is 2.22. The molecule has 4 amide bonds. The van der Waals surface area contributed by atoms with Gasteiger partial charge in [0.1, 0.15) is 0 Å². The molecule has 0 saturated heterocycles. The normalized spacial score (nSPS) is 13.5. The quantitative estimate of drug-likeness (QED) is 0.388. The van der Waals surface area contributed by atoms with Crippen molar-refractivity contribution in [2.24, 2.45) is 0 Å². The summed E-state index contributed by atoms with van der Waals surface area (Å²) in [6, 6.07) is 0. The maximum Gasteiger partial charge on any atom is 0.253 e. The highest BCUT2D eigenvalue weighted by Crippen LogP contribution is 2.01. The zero-order chi connectivity index (χ0) is 17.1. The Balaban J connectivity index is 1.99. The monoisotopic (exact) mass is 325 g/mol. The molecule has 0 atom stereocenters. The molecule has 0 unspecified atom stereocenters. The molecule has 0 aromatic heterocycles. The molecule has 0 aromatic rings. The Bertz CT molecular complexity index is 458. The van der Waals surface area contributed by atoms with Gasteiger partial charge in [-0.3, -0.25) is 24.1 Å². The third kappa shape index (κ3) is 7.55. The zero-order valence-corrected chi connectivity index (χ0v) is 13.3. The molecule has 1 heterocycles. The van der Waals surface area contributed by atoms with Crippen molar-refractivity contribution >= 4 is 23.6 Å². The number of hydrogen-bond acceptors (Lipinski definition) is 5. The first-order chi connectivity index (χ1) is 11.0. The lowest BCUT2D eigenvalue weighted by atomic mass is 10.4. The van der Waals surface area contributed by atoms with Crippen LogP contribution in [0.4, 0.5) is 0 Å². The molecule has 1 rings (SSSR count). The lowest BCUT2D eigenvalue weighted by Crippen LogP contribution is -2.38. The molecule has 0 aliphatic carbocycles. The molecule has 0 saturated carbocycles. The summed E-state index contributed by atoms with van der Waals surface area (Å²) in [5.74, 6) is -1.03. The lowest BCUT2D eigenvalue weighted by Gasteiger charge is -2.14. The maximum absolute atomic E-state index is 11.5. The Morgan fingerprint density at radius 3 is 2.04 bits per heavy atom. The molecule has 0 aromatic carbocycles. The number of nitrogens with zero attached hydrogens (tertiary/aromatic N) is 1. The predicted molar refractivity (Wildman–Crippen MR) is 82.2 cm³/mol. The highest BCUT2D eigenvalue weighted by molar-refractivity contribution is 6.12. The fraction of sp³-hybridized carbons (Fsp3) is 0.600. The van der Waals surface area contributed by atoms with Gasteiger partial charge in [0, 0.05) is 44.6 Å². The second-order valence-electron chi connectivity index (χ2n) is 4.97. The van der Waals surface area contributed by atoms with Crippen molar-refractivity contribution in [3.8, 4) is 0 Å². The molecule has 1 aliphatic heterocycles. The number of nitrogens with one attached hydrogen (secondary N) is 2. The molecular formula is C15H23N3O5. The molecule has 8 heteroatoms. The van der Waals surface area contributed by atoms with E-state index < -0.39 is 0 Å². The largest absolute Gasteiger partial charge is 0.380 e. The van der Waals surface area contributed by atoms with Gasteiger partial charge >= 0.3 is 0 Å². The van der Waals surface area contributed by atoms with Gasteiger partial charge in [0.15, 0.2) is 0 Å². The van der Waals surface area contributed by atoms with Crippen LogP contribution >= 0.6 is 0 Å². The van der Waals surface area contributed by atoms with E-state index in [9.17, 15) is 19.2 Å². The Kier molecular flexibility index (Phi) is 8.59. The number of rotatable bonds is 11. The van der Waals surface area contributed by atoms with Crippen LogP contribution in [0.5, 0.6) is 0 Å². The average molecular weight is 325 g/mol. The summed E-state index contributed by atoms with van der Waals surface area (Å²) in [6.07, 6.45) is 3.73. The molecule has 8 nitrogen and oxygen atoms in total. The van der Waals surface area contributed by atoms with Crippen LogP contribution in [0, 0.1) is 0 Å². The Morgan fingerprint density at radius 2 is 1.52 bits per heavy atom. The zero-order valence-electron chi connectivity index (χ0n) is 13.3. The van der Waals surface area contributed by atoms with Crippen molar-refractivity contribution in [2.75, 3.05) is 32.8 Å². The topological polar surface area (TPSA) is 105 Å². The van der Waals surface area contributed by atoms with E-state index >= 15 is 0 Å². The van der Waals surface area contributed by atoms with Gasteiger partial charge in [-0.2, -0.15) is 0 Å². The van der Waals surface area contributed by atoms with Gasteiger partial charge in [-0.15, -0.1) is 0 Å². The van der Waals surface area contributed by atoms with E-state index in [-0.39, 0.29) is 62.8 Å². The molecule has 2 N–H and O–H groups in total. The van der Waals surface area contributed by atoms with Gasteiger partial charge in [0.25, 0.3) is 11.8 Å². The van der Waals surface area contributed by atoms with Crippen molar-refractivity contribution in [3.05, 3.63) is 12.2 Å². The third-order valence-electron chi connectivity index (χ3n) is 3.08. The molecule has 0 spiro atoms. The molecule has 23 heavy (non-hydrogen) atoms. The highest BCUT2D eigenvalue weighted by atomic mass is 16.5. The number of carbonyl (C=O) groups is 4. The van der Waals surface area contributed by atoms with E-state index in [1.807, 2.05) is 6.92 Å². The van der Waals surface area contributed by atoms with Crippen LogP contribution in [0.1, 0.15) is 26.2 Å². The van der Waals surface area contributed by atoms with Crippen LogP contribution in [0.3, 0.4) is 0 Å². The van der Waals surface area contributed by atoms with Crippen molar-refractivity contribution in [2.45, 2.75) is 26.2 Å². The molecule has 1 aliphatic rings. The van der Waals surface area contributed by atoms with E-state index in [0.717, 1.165) is 11.3 Å². The van der Waals surface area contributed by atoms with Gasteiger partial charge in [-0.25, -0.2) is 0 Å². The van der Waals surface area contributed by atoms with Crippen LogP contribution in [0.15, 0.2) is 12.2 Å². The first kappa shape index (κ1) is 18.8. The van der Waals surface area contributed by atoms with Crippen molar-refractivity contribution < 1.29 is 23.9 Å². The van der Waals surface area contributed by atoms with Gasteiger partial charge in [-0.1, -0.05) is 6.92 Å². The summed E-state index contributed by atoms with van der Waals surface area (Å²) < 4.78 is 5.22. The van der Waals surface area contributed by atoms with E-state index in [1.165, 1.54) is 12.2 Å². The van der Waals surface area contributed by atoms with Gasteiger partial charge in [-0.05, 0) is 6.42 Å². The fourth-order valence-corrected chi connectivity index (χ4v) is 1.83. The minimum Gasteiger partial charge on any atom is -0.380 e. The second kappa shape index (κ2) is 10.5. The van der Waals surface area contributed by atoms with Crippen LogP contribution in [-0.4, -0.2) is 61.4 Å². The molecule has 0 radical (unpaired) electrons. The molecule has 0 bridgehead atoms. The molecular weight excluding hydrogens is 302 g/mol. The maximum atomic E-state index is 11.5. The Morgan fingerprint density at radius 1 is 1.00 bits per heavy atom. The van der Waals surface area contributed by atoms with Gasteiger partial charge < -0.3 is 15.4 Å². The standard InChI is InChI=1S/C15H23N3O5/c1-2-7-16-12(19)5-10-23-11-6-13(20)17-8-9-18-14(21)3-4-15(18)22/h3-4H,2,5-11H2,1H3,(H,16,19)(H,17,20). The van der Waals surface area contributed by atoms with Gasteiger partial charge in [0.05, 0.1) is 13.2 Å². The summed E-state index contributed by atoms with van der Waals surface area (Å²) in [5, 5.41) is 5.34. The number of amides is 4. The van der Waals surface area contributed by atoms with E-state index in [2.05, 4.69) is 10.6 Å². The summed E-state index contributed by atoms with van der Waals surface area (Å²) in [6.45, 7) is 3.47. The van der Waals surface area contributed by atoms with Crippen LogP contribution in [-0.2, 0) is 23.9 Å². The Labute approximate surface area is 135 Å². The summed E-state index contributed by atoms with van der Waals surface area (Å²) in [7, 11) is 0. The predicted octanol–water partition coefficient (Wildman–Crippen LogP) is -0.649. The van der Waals surface area contributed by atoms with Crippen molar-refractivity contribution in [3.63, 3.8) is 0 Å². The number of ether oxygens (including phenoxy) is 1. The number of imide groups is 1. The van der Waals surface area contributed by atoms with Crippen molar-refractivity contribution in [1.29, 1.82) is 0 Å². The van der Waals surface area contributed by atoms with Crippen molar-refractivity contribution in [1.82, 2.24) is 15.5 Å². The number of carbonyl (C=O) groups excluding carboxylic acids is 4. The van der Waals surface area contributed by atoms with Crippen LogP contribution in [0.25, 0.3) is 0 Å². The molecule has 0 fully saturated rings. The summed E-state index contributed by atoms with van der Waals surface area (Å²) >= 11 is 0. The first-order valence-electron chi connectivity index (χ1n) is 7.69. The fourth-order valence-electron chi connectivity index (χ4n) is 1.83. The second-order valence-corrected chi connectivity index (χ2v) is 4.97. The minimum atomic E-state index is -0.367. The third-order valence-corrected chi connectivity index (χ3v) is 3.08. The van der Waals surface area contributed by atoms with E-state index in [4.69, 9.17) is 4.74 Å². The smallest absolute Gasteiger partial charge is 0.253 e. The van der Waals surface area contributed by atoms with E-state index in [1.54, 1.807) is 0 Å². The SMILES string of the molecule is CCCNC(=O)CCOCCC(=O)NCCN1C(=O)C=CC1=O. The van der Waals surface area contributed by atoms with Crippen LogP contribution in [0.2, 0.25) is 0 Å². The number of hydrogen-bond donors (Lipinski definition) is 2. The Hall–Kier alpha value is -2.22. The first-order valence-corrected chi connectivity index (χ1v) is 7.69. The molecule has 128 valence electrons. The average Bonchev–Trinajstić information content (AvgIpc) is 2.84. The van der Waals surface area contributed by atoms with Gasteiger partial charge in [0.2, 0.25) is 11.8 Å². The minimum absolute atomic E-state index is 0.0649. The van der Waals surface area contributed by atoms with E-state index in [0.29, 0.717) is 6.54 Å².